The fourth-order valence-corrected chi connectivity index (χ4v) is 2.50. The molecule has 2 nitrogen and oxygen atoms in total. The third-order valence-electron chi connectivity index (χ3n) is 3.46. The Morgan fingerprint density at radius 1 is 0.600 bits per heavy atom. The molecule has 0 radical (unpaired) electrons. The average Bonchev–Trinajstić information content (AvgIpc) is 2.37. The van der Waals surface area contributed by atoms with E-state index in [0.717, 1.165) is 22.3 Å². The highest BCUT2D eigenvalue weighted by Crippen LogP contribution is 2.36. The molecule has 0 fully saturated rings. The Hall–Kier alpha value is -1.64. The summed E-state index contributed by atoms with van der Waals surface area (Å²) in [6, 6.07) is 15.6. The maximum absolute atomic E-state index is 10.4. The van der Waals surface area contributed by atoms with Crippen LogP contribution < -0.4 is 0 Å². The smallest absolute Gasteiger partial charge is 0.0846 e. The van der Waals surface area contributed by atoms with E-state index in [1.54, 1.807) is 27.7 Å². The van der Waals surface area contributed by atoms with Crippen LogP contribution in [-0.2, 0) is 11.2 Å². The van der Waals surface area contributed by atoms with Crippen molar-refractivity contribution in [3.05, 3.63) is 59.7 Å². The second-order valence-corrected chi connectivity index (χ2v) is 6.21. The monoisotopic (exact) mass is 270 g/mol. The molecular formula is C18H22O2. The van der Waals surface area contributed by atoms with Crippen molar-refractivity contribution in [3.63, 3.8) is 0 Å². The first-order chi connectivity index (χ1) is 9.21. The highest BCUT2D eigenvalue weighted by atomic mass is 16.3. The van der Waals surface area contributed by atoms with E-state index >= 15 is 0 Å². The molecule has 0 saturated heterocycles. The zero-order valence-corrected chi connectivity index (χ0v) is 12.5. The summed E-state index contributed by atoms with van der Waals surface area (Å²) in [5.41, 5.74) is 1.77. The molecule has 2 rings (SSSR count). The van der Waals surface area contributed by atoms with Crippen LogP contribution in [0, 0.1) is 0 Å². The fraction of sp³-hybridized carbons (Fsp3) is 0.333. The van der Waals surface area contributed by atoms with Gasteiger partial charge in [0.05, 0.1) is 11.2 Å². The Balaban J connectivity index is 2.71. The van der Waals surface area contributed by atoms with Gasteiger partial charge >= 0.3 is 0 Å². The third-order valence-corrected chi connectivity index (χ3v) is 3.46. The largest absolute Gasteiger partial charge is 0.386 e. The Morgan fingerprint density at radius 2 is 0.900 bits per heavy atom. The van der Waals surface area contributed by atoms with Gasteiger partial charge in [0.2, 0.25) is 0 Å². The van der Waals surface area contributed by atoms with Gasteiger partial charge in [0, 0.05) is 0 Å². The molecule has 0 amide bonds. The second kappa shape index (κ2) is 5.04. The van der Waals surface area contributed by atoms with Crippen molar-refractivity contribution < 1.29 is 10.2 Å². The lowest BCUT2D eigenvalue weighted by Crippen LogP contribution is -2.19. The van der Waals surface area contributed by atoms with Gasteiger partial charge in [-0.15, -0.1) is 0 Å². The van der Waals surface area contributed by atoms with Gasteiger partial charge in [-0.1, -0.05) is 48.5 Å². The van der Waals surface area contributed by atoms with Crippen molar-refractivity contribution in [2.24, 2.45) is 0 Å². The van der Waals surface area contributed by atoms with Gasteiger partial charge in [-0.05, 0) is 49.9 Å². The lowest BCUT2D eigenvalue weighted by molar-refractivity contribution is 0.0767. The van der Waals surface area contributed by atoms with Gasteiger partial charge in [0.25, 0.3) is 0 Å². The van der Waals surface area contributed by atoms with Gasteiger partial charge in [-0.2, -0.15) is 0 Å². The molecule has 0 bridgehead atoms. The summed E-state index contributed by atoms with van der Waals surface area (Å²) in [5.74, 6) is 0. The molecule has 2 aromatic rings. The summed E-state index contributed by atoms with van der Waals surface area (Å²) in [4.78, 5) is 0. The van der Waals surface area contributed by atoms with Gasteiger partial charge in [0.1, 0.15) is 0 Å². The maximum atomic E-state index is 10.4. The van der Waals surface area contributed by atoms with Crippen LogP contribution >= 0.6 is 0 Å². The van der Waals surface area contributed by atoms with Gasteiger partial charge in [-0.3, -0.25) is 0 Å². The van der Waals surface area contributed by atoms with E-state index in [-0.39, 0.29) is 0 Å². The van der Waals surface area contributed by atoms with E-state index in [4.69, 9.17) is 0 Å². The summed E-state index contributed by atoms with van der Waals surface area (Å²) in [5, 5.41) is 20.7. The number of rotatable bonds is 3. The molecule has 0 unspecified atom stereocenters. The van der Waals surface area contributed by atoms with Crippen LogP contribution in [0.4, 0.5) is 0 Å². The summed E-state index contributed by atoms with van der Waals surface area (Å²) in [6.45, 7) is 7.11. The van der Waals surface area contributed by atoms with Crippen LogP contribution in [0.5, 0.6) is 0 Å². The maximum Gasteiger partial charge on any atom is 0.0846 e. The van der Waals surface area contributed by atoms with E-state index < -0.39 is 11.2 Å². The van der Waals surface area contributed by atoms with Gasteiger partial charge in [0.15, 0.2) is 0 Å². The molecule has 20 heavy (non-hydrogen) atoms. The van der Waals surface area contributed by atoms with Crippen molar-refractivity contribution in [2.75, 3.05) is 0 Å². The molecule has 0 heterocycles. The van der Waals surface area contributed by atoms with Crippen LogP contribution in [-0.4, -0.2) is 10.2 Å². The Labute approximate surface area is 120 Å². The van der Waals surface area contributed by atoms with E-state index in [1.807, 2.05) is 48.5 Å². The fourth-order valence-electron chi connectivity index (χ4n) is 2.50. The normalized spacial score (nSPS) is 12.5. The first-order valence-corrected chi connectivity index (χ1v) is 6.85. The highest BCUT2D eigenvalue weighted by molar-refractivity contribution is 5.72. The van der Waals surface area contributed by atoms with Crippen molar-refractivity contribution in [3.8, 4) is 11.1 Å². The predicted molar refractivity (Wildman–Crippen MR) is 82.4 cm³/mol. The second-order valence-electron chi connectivity index (χ2n) is 6.21. The highest BCUT2D eigenvalue weighted by Gasteiger charge is 2.25. The summed E-state index contributed by atoms with van der Waals surface area (Å²) < 4.78 is 0. The minimum absolute atomic E-state index is 0.858. The Bertz CT molecular complexity index is 546. The lowest BCUT2D eigenvalue weighted by Gasteiger charge is -2.26. The minimum Gasteiger partial charge on any atom is -0.386 e. The summed E-state index contributed by atoms with van der Waals surface area (Å²) in [7, 11) is 0. The average molecular weight is 270 g/mol. The van der Waals surface area contributed by atoms with Crippen molar-refractivity contribution in [2.45, 2.75) is 38.9 Å². The number of hydrogen-bond acceptors (Lipinski definition) is 2. The molecule has 2 aromatic carbocycles. The van der Waals surface area contributed by atoms with Gasteiger partial charge < -0.3 is 10.2 Å². The van der Waals surface area contributed by atoms with E-state index in [0.29, 0.717) is 0 Å². The number of benzene rings is 2. The first-order valence-electron chi connectivity index (χ1n) is 6.85. The van der Waals surface area contributed by atoms with E-state index in [9.17, 15) is 10.2 Å². The first kappa shape index (κ1) is 14.8. The number of hydrogen-bond donors (Lipinski definition) is 2. The van der Waals surface area contributed by atoms with Gasteiger partial charge in [-0.25, -0.2) is 0 Å². The summed E-state index contributed by atoms with van der Waals surface area (Å²) >= 11 is 0. The topological polar surface area (TPSA) is 40.5 Å². The van der Waals surface area contributed by atoms with Crippen LogP contribution in [0.25, 0.3) is 11.1 Å². The molecule has 0 aliphatic rings. The summed E-state index contributed by atoms with van der Waals surface area (Å²) in [6.07, 6.45) is 0. The lowest BCUT2D eigenvalue weighted by atomic mass is 9.84. The van der Waals surface area contributed by atoms with E-state index in [2.05, 4.69) is 0 Å². The molecule has 0 atom stereocenters. The molecule has 0 aromatic heterocycles. The standard InChI is InChI=1S/C18H22O2/c1-17(2,19)15-11-7-5-9-13(15)14-10-6-8-12-16(14)18(3,4)20/h5-12,19-20H,1-4H3. The van der Waals surface area contributed by atoms with Crippen LogP contribution in [0.1, 0.15) is 38.8 Å². The van der Waals surface area contributed by atoms with Crippen LogP contribution in [0.3, 0.4) is 0 Å². The molecule has 2 N–H and O–H groups in total. The zero-order valence-electron chi connectivity index (χ0n) is 12.5. The molecule has 0 spiro atoms. The van der Waals surface area contributed by atoms with E-state index in [1.165, 1.54) is 0 Å². The number of aliphatic hydroxyl groups is 2. The Morgan fingerprint density at radius 3 is 1.20 bits per heavy atom. The molecule has 106 valence electrons. The quantitative estimate of drug-likeness (QED) is 0.890. The molecule has 2 heteroatoms. The van der Waals surface area contributed by atoms with Crippen LogP contribution in [0.2, 0.25) is 0 Å². The zero-order chi connectivity index (χ0) is 15.0. The third kappa shape index (κ3) is 2.92. The molecular weight excluding hydrogens is 248 g/mol. The molecule has 0 saturated carbocycles. The van der Waals surface area contributed by atoms with Crippen molar-refractivity contribution >= 4 is 0 Å². The molecule has 0 aliphatic carbocycles. The van der Waals surface area contributed by atoms with Crippen molar-refractivity contribution in [1.82, 2.24) is 0 Å². The SMILES string of the molecule is CC(C)(O)c1ccccc1-c1ccccc1C(C)(C)O. The minimum atomic E-state index is -0.927. The van der Waals surface area contributed by atoms with Crippen LogP contribution in [0.15, 0.2) is 48.5 Å². The molecule has 0 aliphatic heterocycles. The van der Waals surface area contributed by atoms with Crippen molar-refractivity contribution in [1.29, 1.82) is 0 Å². The Kier molecular flexibility index (Phi) is 3.72. The predicted octanol–water partition coefficient (Wildman–Crippen LogP) is 3.81.